The summed E-state index contributed by atoms with van der Waals surface area (Å²) in [5.74, 6) is 1.56. The second kappa shape index (κ2) is 7.87. The van der Waals surface area contributed by atoms with Crippen LogP contribution in [0.3, 0.4) is 0 Å². The number of ether oxygens (including phenoxy) is 1. The van der Waals surface area contributed by atoms with E-state index in [9.17, 15) is 4.39 Å². The normalized spacial score (nSPS) is 11.0. The van der Waals surface area contributed by atoms with Crippen LogP contribution in [0.4, 0.5) is 10.2 Å². The number of benzene rings is 3. The van der Waals surface area contributed by atoms with Crippen molar-refractivity contribution < 1.29 is 9.13 Å². The molecule has 2 aromatic heterocycles. The molecule has 152 valence electrons. The van der Waals surface area contributed by atoms with Crippen molar-refractivity contribution in [2.24, 2.45) is 0 Å². The zero-order chi connectivity index (χ0) is 21.2. The molecule has 7 heteroatoms. The van der Waals surface area contributed by atoms with Crippen molar-refractivity contribution in [2.75, 3.05) is 5.73 Å². The number of para-hydroxylation sites is 1. The summed E-state index contributed by atoms with van der Waals surface area (Å²) in [6.45, 7) is 0.433. The van der Waals surface area contributed by atoms with Crippen molar-refractivity contribution in [1.82, 2.24) is 19.7 Å². The fraction of sp³-hybridized carbons (Fsp3) is 0.0417. The molecular weight excluding hydrogens is 393 g/mol. The molecule has 0 amide bonds. The van der Waals surface area contributed by atoms with E-state index in [1.807, 2.05) is 54.6 Å². The molecule has 0 aliphatic rings. The Bertz CT molecular complexity index is 1330. The third-order valence-corrected chi connectivity index (χ3v) is 4.91. The smallest absolute Gasteiger partial charge is 0.164 e. The number of anilines is 1. The van der Waals surface area contributed by atoms with Crippen molar-refractivity contribution in [3.63, 3.8) is 0 Å². The van der Waals surface area contributed by atoms with Gasteiger partial charge in [0.05, 0.1) is 11.9 Å². The second-order valence-electron chi connectivity index (χ2n) is 7.03. The largest absolute Gasteiger partial charge is 0.457 e. The number of nitrogen functional groups attached to an aromatic ring is 1. The highest BCUT2D eigenvalue weighted by Crippen LogP contribution is 2.32. The minimum atomic E-state index is -0.279. The van der Waals surface area contributed by atoms with E-state index in [2.05, 4.69) is 9.97 Å². The van der Waals surface area contributed by atoms with Crippen LogP contribution in [-0.4, -0.2) is 19.7 Å². The Balaban J connectivity index is 1.51. The van der Waals surface area contributed by atoms with Crippen LogP contribution in [0.1, 0.15) is 5.56 Å². The average Bonchev–Trinajstić information content (AvgIpc) is 3.16. The molecule has 0 bridgehead atoms. The number of hydrogen-bond acceptors (Lipinski definition) is 5. The number of aromatic nitrogens is 4. The number of rotatable bonds is 5. The lowest BCUT2D eigenvalue weighted by Gasteiger charge is -2.06. The van der Waals surface area contributed by atoms with Gasteiger partial charge in [-0.05, 0) is 54.1 Å². The Morgan fingerprint density at radius 1 is 0.839 bits per heavy atom. The summed E-state index contributed by atoms with van der Waals surface area (Å²) in [7, 11) is 0. The van der Waals surface area contributed by atoms with Gasteiger partial charge in [0, 0.05) is 5.56 Å². The highest BCUT2D eigenvalue weighted by molar-refractivity contribution is 5.98. The topological polar surface area (TPSA) is 78.8 Å². The monoisotopic (exact) mass is 411 g/mol. The number of hydrogen-bond donors (Lipinski definition) is 1. The van der Waals surface area contributed by atoms with E-state index in [1.54, 1.807) is 16.8 Å². The molecule has 3 aromatic carbocycles. The molecule has 0 saturated heterocycles. The highest BCUT2D eigenvalue weighted by atomic mass is 19.1. The Labute approximate surface area is 177 Å². The molecule has 6 nitrogen and oxygen atoms in total. The summed E-state index contributed by atoms with van der Waals surface area (Å²) >= 11 is 0. The van der Waals surface area contributed by atoms with Gasteiger partial charge in [0.15, 0.2) is 5.65 Å². The molecule has 0 saturated carbocycles. The Morgan fingerprint density at radius 2 is 1.55 bits per heavy atom. The fourth-order valence-corrected chi connectivity index (χ4v) is 3.41. The van der Waals surface area contributed by atoms with E-state index in [-0.39, 0.29) is 5.82 Å². The molecule has 5 rings (SSSR count). The summed E-state index contributed by atoms with van der Waals surface area (Å²) in [6.07, 6.45) is 1.42. The molecule has 2 heterocycles. The van der Waals surface area contributed by atoms with E-state index >= 15 is 0 Å². The van der Waals surface area contributed by atoms with Crippen LogP contribution >= 0.6 is 0 Å². The molecular formula is C24H18FN5O. The van der Waals surface area contributed by atoms with Crippen molar-refractivity contribution in [3.8, 4) is 22.8 Å². The molecule has 0 radical (unpaired) electrons. The van der Waals surface area contributed by atoms with E-state index in [4.69, 9.17) is 15.6 Å². The van der Waals surface area contributed by atoms with Gasteiger partial charge >= 0.3 is 0 Å². The molecule has 0 unspecified atom stereocenters. The third-order valence-electron chi connectivity index (χ3n) is 4.91. The molecule has 0 aliphatic heterocycles. The minimum Gasteiger partial charge on any atom is -0.457 e. The van der Waals surface area contributed by atoms with Gasteiger partial charge in [0.2, 0.25) is 0 Å². The maximum absolute atomic E-state index is 13.3. The lowest BCUT2D eigenvalue weighted by Crippen LogP contribution is -2.03. The Hall–Kier alpha value is -4.26. The Morgan fingerprint density at radius 3 is 2.29 bits per heavy atom. The predicted octanol–water partition coefficient (Wildman–Crippen LogP) is 5.06. The quantitative estimate of drug-likeness (QED) is 0.438. The van der Waals surface area contributed by atoms with Crippen LogP contribution in [0.15, 0.2) is 85.2 Å². The summed E-state index contributed by atoms with van der Waals surface area (Å²) < 4.78 is 20.9. The minimum absolute atomic E-state index is 0.279. The first kappa shape index (κ1) is 18.7. The van der Waals surface area contributed by atoms with Gasteiger partial charge in [-0.2, -0.15) is 5.10 Å². The van der Waals surface area contributed by atoms with Crippen molar-refractivity contribution in [2.45, 2.75) is 6.54 Å². The maximum Gasteiger partial charge on any atom is 0.164 e. The molecule has 5 aromatic rings. The van der Waals surface area contributed by atoms with Crippen LogP contribution in [0.2, 0.25) is 0 Å². The number of nitrogens with zero attached hydrogens (tertiary/aromatic N) is 4. The summed E-state index contributed by atoms with van der Waals surface area (Å²) in [4.78, 5) is 8.52. The third kappa shape index (κ3) is 3.81. The summed E-state index contributed by atoms with van der Waals surface area (Å²) in [5, 5.41) is 5.43. The molecule has 0 aliphatic carbocycles. The van der Waals surface area contributed by atoms with Gasteiger partial charge in [-0.1, -0.05) is 30.3 Å². The zero-order valence-corrected chi connectivity index (χ0v) is 16.4. The van der Waals surface area contributed by atoms with Gasteiger partial charge in [-0.25, -0.2) is 19.0 Å². The standard InChI is InChI=1S/C24H18FN5O/c25-18-10-6-16(7-11-18)14-30-24-21(23(26)27-15-28-24)22(29-30)17-8-12-20(13-9-17)31-19-4-2-1-3-5-19/h1-13,15H,14H2,(H2,26,27,28). The van der Waals surface area contributed by atoms with Crippen molar-refractivity contribution in [3.05, 3.63) is 96.6 Å². The molecule has 0 fully saturated rings. The summed E-state index contributed by atoms with van der Waals surface area (Å²) in [5.41, 5.74) is 9.25. The lowest BCUT2D eigenvalue weighted by atomic mass is 10.1. The van der Waals surface area contributed by atoms with Crippen LogP contribution in [-0.2, 0) is 6.54 Å². The van der Waals surface area contributed by atoms with Crippen LogP contribution in [0.5, 0.6) is 11.5 Å². The first-order valence-corrected chi connectivity index (χ1v) is 9.72. The van der Waals surface area contributed by atoms with Crippen LogP contribution in [0.25, 0.3) is 22.3 Å². The van der Waals surface area contributed by atoms with E-state index in [1.165, 1.54) is 18.5 Å². The average molecular weight is 411 g/mol. The van der Waals surface area contributed by atoms with Gasteiger partial charge < -0.3 is 10.5 Å². The fourth-order valence-electron chi connectivity index (χ4n) is 3.41. The lowest BCUT2D eigenvalue weighted by molar-refractivity contribution is 0.483. The highest BCUT2D eigenvalue weighted by Gasteiger charge is 2.17. The van der Waals surface area contributed by atoms with E-state index in [0.717, 1.165) is 16.9 Å². The van der Waals surface area contributed by atoms with Crippen LogP contribution < -0.4 is 10.5 Å². The summed E-state index contributed by atoms with van der Waals surface area (Å²) in [6, 6.07) is 23.5. The zero-order valence-electron chi connectivity index (χ0n) is 16.4. The van der Waals surface area contributed by atoms with Crippen molar-refractivity contribution >= 4 is 16.9 Å². The van der Waals surface area contributed by atoms with Gasteiger partial charge in [0.25, 0.3) is 0 Å². The molecule has 0 spiro atoms. The first-order chi connectivity index (χ1) is 15.2. The van der Waals surface area contributed by atoms with Crippen molar-refractivity contribution in [1.29, 1.82) is 0 Å². The van der Waals surface area contributed by atoms with Gasteiger partial charge in [0.1, 0.15) is 35.2 Å². The number of nitrogens with two attached hydrogens (primary N) is 1. The molecule has 2 N–H and O–H groups in total. The van der Waals surface area contributed by atoms with Gasteiger partial charge in [-0.3, -0.25) is 0 Å². The van der Waals surface area contributed by atoms with Gasteiger partial charge in [-0.15, -0.1) is 0 Å². The van der Waals surface area contributed by atoms with E-state index < -0.39 is 0 Å². The SMILES string of the molecule is Nc1ncnc2c1c(-c1ccc(Oc3ccccc3)cc1)nn2Cc1ccc(F)cc1. The maximum atomic E-state index is 13.3. The Kier molecular flexibility index (Phi) is 4.76. The predicted molar refractivity (Wildman–Crippen MR) is 117 cm³/mol. The molecule has 31 heavy (non-hydrogen) atoms. The molecule has 0 atom stereocenters. The number of halogens is 1. The first-order valence-electron chi connectivity index (χ1n) is 9.72. The van der Waals surface area contributed by atoms with Crippen LogP contribution in [0, 0.1) is 5.82 Å². The number of fused-ring (bicyclic) bond motifs is 1. The van der Waals surface area contributed by atoms with E-state index in [0.29, 0.717) is 34.8 Å². The second-order valence-corrected chi connectivity index (χ2v) is 7.03.